The third kappa shape index (κ3) is 4.82. The average Bonchev–Trinajstić information content (AvgIpc) is 3.36. The lowest BCUT2D eigenvalue weighted by Gasteiger charge is -2.35. The number of likely N-dealkylation sites (tertiary alicyclic amines) is 1. The van der Waals surface area contributed by atoms with Gasteiger partial charge in [-0.3, -0.25) is 9.79 Å². The molecule has 2 saturated heterocycles. The van der Waals surface area contributed by atoms with E-state index < -0.39 is 0 Å². The standard InChI is InChI=1S/C20H26N6OS.HI/c1-24-17(27)13-16(18(24)15-5-3-2-4-6-15)14-23-19(21)25-8-10-26(11-9-25)20-22-7-12-28-20;/h2-7,12,16,18H,8-11,13-14H2,1H3,(H2,21,23);1H. The zero-order chi connectivity index (χ0) is 19.5. The van der Waals surface area contributed by atoms with Crippen LogP contribution in [0.4, 0.5) is 5.13 Å². The Morgan fingerprint density at radius 3 is 2.62 bits per heavy atom. The number of amides is 1. The summed E-state index contributed by atoms with van der Waals surface area (Å²) >= 11 is 1.66. The lowest BCUT2D eigenvalue weighted by atomic mass is 9.94. The number of carbonyl (C=O) groups is 1. The minimum atomic E-state index is 0. The highest BCUT2D eigenvalue weighted by Gasteiger charge is 2.38. The quantitative estimate of drug-likeness (QED) is 0.376. The summed E-state index contributed by atoms with van der Waals surface area (Å²) in [6.45, 7) is 4.01. The summed E-state index contributed by atoms with van der Waals surface area (Å²) in [5.41, 5.74) is 7.45. The van der Waals surface area contributed by atoms with E-state index >= 15 is 0 Å². The van der Waals surface area contributed by atoms with Gasteiger partial charge in [-0.2, -0.15) is 0 Å². The third-order valence-corrected chi connectivity index (χ3v) is 6.45. The fourth-order valence-electron chi connectivity index (χ4n) is 4.07. The molecule has 156 valence electrons. The summed E-state index contributed by atoms with van der Waals surface area (Å²) in [7, 11) is 1.88. The molecular weight excluding hydrogens is 499 g/mol. The molecule has 2 aliphatic heterocycles. The van der Waals surface area contributed by atoms with E-state index in [9.17, 15) is 4.79 Å². The molecule has 29 heavy (non-hydrogen) atoms. The van der Waals surface area contributed by atoms with Crippen LogP contribution in [0.1, 0.15) is 18.0 Å². The Kier molecular flexibility index (Phi) is 7.33. The van der Waals surface area contributed by atoms with Crippen molar-refractivity contribution < 1.29 is 4.79 Å². The van der Waals surface area contributed by atoms with E-state index in [0.29, 0.717) is 18.9 Å². The summed E-state index contributed by atoms with van der Waals surface area (Å²) in [6, 6.07) is 10.3. The first-order valence-corrected chi connectivity index (χ1v) is 10.5. The van der Waals surface area contributed by atoms with Crippen LogP contribution < -0.4 is 10.6 Å². The number of anilines is 1. The largest absolute Gasteiger partial charge is 0.370 e. The zero-order valence-corrected chi connectivity index (χ0v) is 19.6. The molecule has 1 aromatic heterocycles. The number of hydrogen-bond acceptors (Lipinski definition) is 5. The molecule has 2 atom stereocenters. The second-order valence-corrected chi connectivity index (χ2v) is 8.19. The molecule has 1 aromatic carbocycles. The summed E-state index contributed by atoms with van der Waals surface area (Å²) < 4.78 is 0. The molecule has 3 heterocycles. The summed E-state index contributed by atoms with van der Waals surface area (Å²) in [5.74, 6) is 0.896. The predicted molar refractivity (Wildman–Crippen MR) is 128 cm³/mol. The topological polar surface area (TPSA) is 78.1 Å². The normalized spacial score (nSPS) is 22.7. The number of halogens is 1. The van der Waals surface area contributed by atoms with Crippen LogP contribution in [0.15, 0.2) is 46.9 Å². The fraction of sp³-hybridized carbons (Fsp3) is 0.450. The van der Waals surface area contributed by atoms with Crippen molar-refractivity contribution >= 4 is 52.3 Å². The van der Waals surface area contributed by atoms with Crippen molar-refractivity contribution in [2.45, 2.75) is 12.5 Å². The Labute approximate surface area is 192 Å². The van der Waals surface area contributed by atoms with Crippen molar-refractivity contribution in [1.82, 2.24) is 14.8 Å². The molecule has 2 N–H and O–H groups in total. The first kappa shape index (κ1) is 21.8. The molecule has 2 aliphatic rings. The molecule has 9 heteroatoms. The molecule has 0 saturated carbocycles. The number of thiazole rings is 1. The number of hydrogen-bond donors (Lipinski definition) is 1. The van der Waals surface area contributed by atoms with Gasteiger partial charge in [0.1, 0.15) is 0 Å². The SMILES string of the molecule is CN1C(=O)CC(CN=C(N)N2CCN(c3nccs3)CC2)C1c1ccccc1.I. The molecule has 0 spiro atoms. The smallest absolute Gasteiger partial charge is 0.223 e. The molecule has 1 amide bonds. The molecule has 2 fully saturated rings. The van der Waals surface area contributed by atoms with Crippen LogP contribution in [0.3, 0.4) is 0 Å². The summed E-state index contributed by atoms with van der Waals surface area (Å²) in [5, 5.41) is 3.06. The van der Waals surface area contributed by atoms with E-state index in [1.165, 1.54) is 0 Å². The molecule has 4 rings (SSSR count). The Morgan fingerprint density at radius 2 is 1.97 bits per heavy atom. The van der Waals surface area contributed by atoms with Gasteiger partial charge in [0.2, 0.25) is 5.91 Å². The van der Waals surface area contributed by atoms with E-state index in [2.05, 4.69) is 31.9 Å². The van der Waals surface area contributed by atoms with Gasteiger partial charge in [-0.15, -0.1) is 35.3 Å². The highest BCUT2D eigenvalue weighted by atomic mass is 127. The highest BCUT2D eigenvalue weighted by molar-refractivity contribution is 14.0. The van der Waals surface area contributed by atoms with Crippen molar-refractivity contribution in [3.05, 3.63) is 47.5 Å². The van der Waals surface area contributed by atoms with Crippen LogP contribution >= 0.6 is 35.3 Å². The van der Waals surface area contributed by atoms with Crippen molar-refractivity contribution in [1.29, 1.82) is 0 Å². The zero-order valence-electron chi connectivity index (χ0n) is 16.5. The van der Waals surface area contributed by atoms with Crippen LogP contribution in [-0.2, 0) is 4.79 Å². The minimum absolute atomic E-state index is 0. The minimum Gasteiger partial charge on any atom is -0.370 e. The molecule has 0 bridgehead atoms. The van der Waals surface area contributed by atoms with Crippen molar-refractivity contribution in [2.24, 2.45) is 16.6 Å². The van der Waals surface area contributed by atoms with Gasteiger partial charge in [0.05, 0.1) is 6.04 Å². The first-order valence-electron chi connectivity index (χ1n) is 9.63. The number of benzene rings is 1. The average molecular weight is 526 g/mol. The number of aromatic nitrogens is 1. The monoisotopic (exact) mass is 526 g/mol. The molecule has 2 aromatic rings. The highest BCUT2D eigenvalue weighted by Crippen LogP contribution is 2.37. The van der Waals surface area contributed by atoms with E-state index in [1.54, 1.807) is 11.3 Å². The number of nitrogens with zero attached hydrogens (tertiary/aromatic N) is 5. The van der Waals surface area contributed by atoms with Gasteiger partial charge in [-0.1, -0.05) is 30.3 Å². The first-order chi connectivity index (χ1) is 13.6. The van der Waals surface area contributed by atoms with Crippen LogP contribution in [0.5, 0.6) is 0 Å². The van der Waals surface area contributed by atoms with Crippen LogP contribution in [-0.4, -0.2) is 66.4 Å². The Balaban J connectivity index is 0.00000240. The maximum Gasteiger partial charge on any atom is 0.223 e. The molecule has 7 nitrogen and oxygen atoms in total. The molecule has 2 unspecified atom stereocenters. The summed E-state index contributed by atoms with van der Waals surface area (Å²) in [4.78, 5) is 27.6. The van der Waals surface area contributed by atoms with Crippen LogP contribution in [0, 0.1) is 5.92 Å². The number of carbonyl (C=O) groups excluding carboxylic acids is 1. The second kappa shape index (κ2) is 9.75. The second-order valence-electron chi connectivity index (χ2n) is 7.31. The molecule has 0 aliphatic carbocycles. The van der Waals surface area contributed by atoms with Crippen LogP contribution in [0.2, 0.25) is 0 Å². The van der Waals surface area contributed by atoms with Gasteiger partial charge in [0.25, 0.3) is 0 Å². The Morgan fingerprint density at radius 1 is 1.24 bits per heavy atom. The van der Waals surface area contributed by atoms with Gasteiger partial charge in [0.15, 0.2) is 11.1 Å². The van der Waals surface area contributed by atoms with Crippen molar-refractivity contribution in [3.8, 4) is 0 Å². The number of nitrogens with two attached hydrogens (primary N) is 1. The van der Waals surface area contributed by atoms with Crippen molar-refractivity contribution in [2.75, 3.05) is 44.7 Å². The number of aliphatic imine (C=N–C) groups is 1. The van der Waals surface area contributed by atoms with Crippen LogP contribution in [0.25, 0.3) is 0 Å². The predicted octanol–water partition coefficient (Wildman–Crippen LogP) is 2.42. The lowest BCUT2D eigenvalue weighted by Crippen LogP contribution is -2.51. The number of piperazine rings is 1. The van der Waals surface area contributed by atoms with Gasteiger partial charge < -0.3 is 20.4 Å². The Hall–Kier alpha value is -1.88. The van der Waals surface area contributed by atoms with E-state index in [-0.39, 0.29) is 41.8 Å². The molecular formula is C20H27IN6OS. The van der Waals surface area contributed by atoms with Gasteiger partial charge in [-0.25, -0.2) is 4.98 Å². The number of rotatable bonds is 4. The maximum absolute atomic E-state index is 12.3. The lowest BCUT2D eigenvalue weighted by molar-refractivity contribution is -0.127. The molecule has 0 radical (unpaired) electrons. The van der Waals surface area contributed by atoms with Crippen molar-refractivity contribution in [3.63, 3.8) is 0 Å². The van der Waals surface area contributed by atoms with E-state index in [1.807, 2.05) is 41.7 Å². The third-order valence-electron chi connectivity index (χ3n) is 5.62. The van der Waals surface area contributed by atoms with Gasteiger partial charge >= 0.3 is 0 Å². The van der Waals surface area contributed by atoms with E-state index in [4.69, 9.17) is 5.73 Å². The van der Waals surface area contributed by atoms with Gasteiger partial charge in [-0.05, 0) is 5.56 Å². The summed E-state index contributed by atoms with van der Waals surface area (Å²) in [6.07, 6.45) is 2.36. The Bertz CT molecular complexity index is 823. The van der Waals surface area contributed by atoms with E-state index in [0.717, 1.165) is 36.9 Å². The fourth-order valence-corrected chi connectivity index (χ4v) is 4.77. The maximum atomic E-state index is 12.3. The number of guanidine groups is 1. The van der Waals surface area contributed by atoms with Gasteiger partial charge in [0, 0.05) is 63.7 Å².